The zero-order valence-electron chi connectivity index (χ0n) is 14.1. The molecule has 0 fully saturated rings. The molecule has 0 aliphatic rings. The topological polar surface area (TPSA) is 95.5 Å². The first-order chi connectivity index (χ1) is 12.4. The summed E-state index contributed by atoms with van der Waals surface area (Å²) >= 11 is 1.38. The van der Waals surface area contributed by atoms with Gasteiger partial charge in [-0.1, -0.05) is 18.2 Å². The number of hydrogen-bond donors (Lipinski definition) is 3. The summed E-state index contributed by atoms with van der Waals surface area (Å²) in [7, 11) is 0. The van der Waals surface area contributed by atoms with Crippen molar-refractivity contribution in [1.82, 2.24) is 0 Å². The number of hydrogen-bond acceptors (Lipinski definition) is 4. The van der Waals surface area contributed by atoms with Gasteiger partial charge in [0.15, 0.2) is 0 Å². The van der Waals surface area contributed by atoms with Crippen molar-refractivity contribution in [3.63, 3.8) is 0 Å². The predicted octanol–water partition coefficient (Wildman–Crippen LogP) is 3.39. The molecule has 3 N–H and O–H groups in total. The largest absolute Gasteiger partial charge is 0.478 e. The molecule has 7 heteroatoms. The SMILES string of the molecule is CC(=CC(=O)Nc1ccc(SCC(=O)Nc2ccccc2)cc1)C(=O)O. The Morgan fingerprint density at radius 1 is 0.962 bits per heavy atom. The molecule has 0 atom stereocenters. The summed E-state index contributed by atoms with van der Waals surface area (Å²) < 4.78 is 0. The molecule has 0 aliphatic carbocycles. The van der Waals surface area contributed by atoms with Gasteiger partial charge in [0.05, 0.1) is 5.75 Å². The smallest absolute Gasteiger partial charge is 0.331 e. The Balaban J connectivity index is 1.83. The van der Waals surface area contributed by atoms with E-state index in [2.05, 4.69) is 10.6 Å². The Morgan fingerprint density at radius 2 is 1.58 bits per heavy atom. The maximum Gasteiger partial charge on any atom is 0.331 e. The number of para-hydroxylation sites is 1. The normalized spacial score (nSPS) is 10.9. The van der Waals surface area contributed by atoms with Crippen LogP contribution in [0, 0.1) is 0 Å². The summed E-state index contributed by atoms with van der Waals surface area (Å²) in [4.78, 5) is 35.2. The zero-order valence-corrected chi connectivity index (χ0v) is 14.9. The highest BCUT2D eigenvalue weighted by Gasteiger charge is 2.06. The van der Waals surface area contributed by atoms with Crippen molar-refractivity contribution >= 4 is 40.9 Å². The second kappa shape index (κ2) is 9.43. The fourth-order valence-corrected chi connectivity index (χ4v) is 2.64. The highest BCUT2D eigenvalue weighted by molar-refractivity contribution is 8.00. The molecule has 0 heterocycles. The first-order valence-corrected chi connectivity index (χ1v) is 8.73. The molecular formula is C19H18N2O4S. The number of carbonyl (C=O) groups excluding carboxylic acids is 2. The van der Waals surface area contributed by atoms with E-state index in [1.807, 2.05) is 30.3 Å². The van der Waals surface area contributed by atoms with E-state index < -0.39 is 11.9 Å². The van der Waals surface area contributed by atoms with Crippen LogP contribution in [0.5, 0.6) is 0 Å². The molecule has 0 spiro atoms. The standard InChI is InChI=1S/C19H18N2O4S/c1-13(19(24)25)11-17(22)20-15-7-9-16(10-8-15)26-12-18(23)21-14-5-3-2-4-6-14/h2-11H,12H2,1H3,(H,20,22)(H,21,23)(H,24,25). The van der Waals surface area contributed by atoms with Crippen molar-refractivity contribution in [1.29, 1.82) is 0 Å². The lowest BCUT2D eigenvalue weighted by Gasteiger charge is -2.06. The van der Waals surface area contributed by atoms with Crippen LogP contribution in [0.25, 0.3) is 0 Å². The molecule has 0 aliphatic heterocycles. The quantitative estimate of drug-likeness (QED) is 0.513. The number of carboxylic acids is 1. The van der Waals surface area contributed by atoms with Gasteiger partial charge in [-0.25, -0.2) is 4.79 Å². The number of nitrogens with one attached hydrogen (secondary N) is 2. The molecule has 2 rings (SSSR count). The summed E-state index contributed by atoms with van der Waals surface area (Å²) in [5.41, 5.74) is 1.25. The average molecular weight is 370 g/mol. The Labute approximate surface area is 155 Å². The van der Waals surface area contributed by atoms with Crippen molar-refractivity contribution in [2.45, 2.75) is 11.8 Å². The van der Waals surface area contributed by atoms with Gasteiger partial charge >= 0.3 is 5.97 Å². The summed E-state index contributed by atoms with van der Waals surface area (Å²) in [6.07, 6.45) is 1.03. The minimum atomic E-state index is -1.14. The molecule has 2 amide bonds. The van der Waals surface area contributed by atoms with Crippen LogP contribution in [0.4, 0.5) is 11.4 Å². The zero-order chi connectivity index (χ0) is 18.9. The molecule has 2 aromatic rings. The van der Waals surface area contributed by atoms with E-state index in [0.29, 0.717) is 5.69 Å². The molecule has 0 saturated carbocycles. The first-order valence-electron chi connectivity index (χ1n) is 7.74. The van der Waals surface area contributed by atoms with Gasteiger partial charge in [-0.3, -0.25) is 9.59 Å². The lowest BCUT2D eigenvalue weighted by Crippen LogP contribution is -2.13. The van der Waals surface area contributed by atoms with E-state index in [1.54, 1.807) is 24.3 Å². The van der Waals surface area contributed by atoms with Crippen LogP contribution >= 0.6 is 11.8 Å². The Bertz CT molecular complexity index is 817. The van der Waals surface area contributed by atoms with E-state index in [0.717, 1.165) is 16.7 Å². The van der Waals surface area contributed by atoms with Gasteiger partial charge in [0.2, 0.25) is 11.8 Å². The highest BCUT2D eigenvalue weighted by atomic mass is 32.2. The summed E-state index contributed by atoms with van der Waals surface area (Å²) in [6.45, 7) is 1.35. The number of thioether (sulfide) groups is 1. The van der Waals surface area contributed by atoms with E-state index in [1.165, 1.54) is 18.7 Å². The Kier molecular flexibility index (Phi) is 6.99. The van der Waals surface area contributed by atoms with E-state index >= 15 is 0 Å². The maximum absolute atomic E-state index is 11.9. The molecule has 0 saturated heterocycles. The highest BCUT2D eigenvalue weighted by Crippen LogP contribution is 2.20. The second-order valence-corrected chi connectivity index (χ2v) is 6.40. The van der Waals surface area contributed by atoms with E-state index in [-0.39, 0.29) is 17.2 Å². The average Bonchev–Trinajstić information content (AvgIpc) is 2.62. The van der Waals surface area contributed by atoms with Gasteiger partial charge in [-0.15, -0.1) is 11.8 Å². The summed E-state index contributed by atoms with van der Waals surface area (Å²) in [5.74, 6) is -1.48. The van der Waals surface area contributed by atoms with Crippen molar-refractivity contribution in [2.24, 2.45) is 0 Å². The third-order valence-corrected chi connectivity index (χ3v) is 4.25. The Hall–Kier alpha value is -3.06. The van der Waals surface area contributed by atoms with Crippen LogP contribution in [-0.2, 0) is 14.4 Å². The molecule has 2 aromatic carbocycles. The number of carbonyl (C=O) groups is 3. The van der Waals surface area contributed by atoms with Crippen LogP contribution in [0.3, 0.4) is 0 Å². The van der Waals surface area contributed by atoms with Gasteiger partial charge in [0.1, 0.15) is 0 Å². The van der Waals surface area contributed by atoms with Crippen molar-refractivity contribution in [2.75, 3.05) is 16.4 Å². The van der Waals surface area contributed by atoms with E-state index in [9.17, 15) is 14.4 Å². The van der Waals surface area contributed by atoms with Crippen LogP contribution in [-0.4, -0.2) is 28.6 Å². The molecule has 0 unspecified atom stereocenters. The minimum absolute atomic E-state index is 0.0425. The van der Waals surface area contributed by atoms with Crippen LogP contribution < -0.4 is 10.6 Å². The lowest BCUT2D eigenvalue weighted by atomic mass is 10.2. The molecule has 6 nitrogen and oxygen atoms in total. The third-order valence-electron chi connectivity index (χ3n) is 3.23. The molecule has 0 radical (unpaired) electrons. The van der Waals surface area contributed by atoms with Crippen molar-refractivity contribution in [3.05, 3.63) is 66.2 Å². The van der Waals surface area contributed by atoms with Gasteiger partial charge in [-0.2, -0.15) is 0 Å². The fraction of sp³-hybridized carbons (Fsp3) is 0.105. The number of benzene rings is 2. The summed E-state index contributed by atoms with van der Waals surface area (Å²) in [5, 5.41) is 14.1. The van der Waals surface area contributed by atoms with Crippen LogP contribution in [0.2, 0.25) is 0 Å². The van der Waals surface area contributed by atoms with Crippen molar-refractivity contribution < 1.29 is 19.5 Å². The van der Waals surface area contributed by atoms with E-state index in [4.69, 9.17) is 5.11 Å². The lowest BCUT2D eigenvalue weighted by molar-refractivity contribution is -0.132. The van der Waals surface area contributed by atoms with Crippen LogP contribution in [0.15, 0.2) is 71.1 Å². The number of rotatable bonds is 7. The van der Waals surface area contributed by atoms with Gasteiger partial charge < -0.3 is 15.7 Å². The van der Waals surface area contributed by atoms with Gasteiger partial charge in [-0.05, 0) is 43.3 Å². The Morgan fingerprint density at radius 3 is 2.19 bits per heavy atom. The van der Waals surface area contributed by atoms with Crippen molar-refractivity contribution in [3.8, 4) is 0 Å². The van der Waals surface area contributed by atoms with Crippen LogP contribution in [0.1, 0.15) is 6.92 Å². The van der Waals surface area contributed by atoms with Gasteiger partial charge in [0.25, 0.3) is 0 Å². The molecule has 0 bridgehead atoms. The third kappa shape index (κ3) is 6.45. The monoisotopic (exact) mass is 370 g/mol. The molecule has 26 heavy (non-hydrogen) atoms. The maximum atomic E-state index is 11.9. The number of carboxylic acid groups (broad SMARTS) is 1. The van der Waals surface area contributed by atoms with Gasteiger partial charge in [0, 0.05) is 27.9 Å². The fourth-order valence-electron chi connectivity index (χ4n) is 1.94. The minimum Gasteiger partial charge on any atom is -0.478 e. The number of amides is 2. The first kappa shape index (κ1) is 19.3. The number of aliphatic carboxylic acids is 1. The number of anilines is 2. The molecular weight excluding hydrogens is 352 g/mol. The summed E-state index contributed by atoms with van der Waals surface area (Å²) in [6, 6.07) is 16.2. The molecule has 0 aromatic heterocycles. The second-order valence-electron chi connectivity index (χ2n) is 5.35. The predicted molar refractivity (Wildman–Crippen MR) is 102 cm³/mol. The molecule has 134 valence electrons.